The summed E-state index contributed by atoms with van der Waals surface area (Å²) in [6, 6.07) is 6.72. The third-order valence-electron chi connectivity index (χ3n) is 2.04. The highest BCUT2D eigenvalue weighted by Gasteiger charge is 2.10. The third-order valence-corrected chi connectivity index (χ3v) is 2.04. The first-order valence-corrected chi connectivity index (χ1v) is 4.59. The molecule has 0 aromatic heterocycles. The van der Waals surface area contributed by atoms with Crippen molar-refractivity contribution in [3.8, 4) is 0 Å². The number of hydrogen-bond donors (Lipinski definition) is 1. The van der Waals surface area contributed by atoms with Crippen molar-refractivity contribution < 1.29 is 10.0 Å². The van der Waals surface area contributed by atoms with Gasteiger partial charge in [0.05, 0.1) is 4.92 Å². The van der Waals surface area contributed by atoms with Crippen molar-refractivity contribution in [1.29, 1.82) is 0 Å². The summed E-state index contributed by atoms with van der Waals surface area (Å²) in [6.07, 6.45) is 2.12. The van der Waals surface area contributed by atoms with Gasteiger partial charge >= 0.3 is 0 Å². The molecule has 0 unspecified atom stereocenters. The van der Waals surface area contributed by atoms with E-state index in [0.29, 0.717) is 12.8 Å². The van der Waals surface area contributed by atoms with Crippen LogP contribution in [-0.2, 0) is 6.42 Å². The molecule has 1 rings (SSSR count). The van der Waals surface area contributed by atoms with Gasteiger partial charge in [-0.05, 0) is 19.3 Å². The number of para-hydroxylation sites is 1. The van der Waals surface area contributed by atoms with Crippen LogP contribution in [0.1, 0.15) is 18.4 Å². The van der Waals surface area contributed by atoms with E-state index in [2.05, 4.69) is 0 Å². The van der Waals surface area contributed by atoms with Gasteiger partial charge in [0.15, 0.2) is 0 Å². The Balaban J connectivity index is 2.69. The molecule has 0 radical (unpaired) electrons. The number of nitro groups is 1. The highest BCUT2D eigenvalue weighted by molar-refractivity contribution is 5.39. The molecule has 0 fully saturated rings. The second-order valence-corrected chi connectivity index (χ2v) is 3.07. The van der Waals surface area contributed by atoms with Crippen molar-refractivity contribution in [2.45, 2.75) is 19.3 Å². The van der Waals surface area contributed by atoms with Gasteiger partial charge in [-0.3, -0.25) is 10.1 Å². The molecule has 0 aliphatic carbocycles. The van der Waals surface area contributed by atoms with Gasteiger partial charge < -0.3 is 5.11 Å². The van der Waals surface area contributed by atoms with E-state index >= 15 is 0 Å². The number of aliphatic hydroxyl groups excluding tert-OH is 1. The quantitative estimate of drug-likeness (QED) is 0.443. The van der Waals surface area contributed by atoms with Gasteiger partial charge in [-0.2, -0.15) is 0 Å². The molecule has 0 aliphatic heterocycles. The fourth-order valence-corrected chi connectivity index (χ4v) is 1.33. The van der Waals surface area contributed by atoms with Crippen LogP contribution in [0.3, 0.4) is 0 Å². The molecule has 0 aliphatic rings. The molecule has 0 atom stereocenters. The van der Waals surface area contributed by atoms with Crippen molar-refractivity contribution in [2.24, 2.45) is 0 Å². The standard InChI is InChI=1S/C10H13NO3/c12-8-4-3-6-9-5-1-2-7-10(9)11(13)14/h1-2,5,7,12H,3-4,6,8H2. The Kier molecular flexibility index (Phi) is 4.07. The first kappa shape index (κ1) is 10.7. The molecule has 0 saturated carbocycles. The lowest BCUT2D eigenvalue weighted by atomic mass is 10.1. The molecular formula is C10H13NO3. The minimum Gasteiger partial charge on any atom is -0.396 e. The Morgan fingerprint density at radius 3 is 2.64 bits per heavy atom. The van der Waals surface area contributed by atoms with Crippen LogP contribution in [0.4, 0.5) is 5.69 Å². The van der Waals surface area contributed by atoms with Crippen LogP contribution in [0.2, 0.25) is 0 Å². The van der Waals surface area contributed by atoms with Crippen LogP contribution < -0.4 is 0 Å². The van der Waals surface area contributed by atoms with Gasteiger partial charge in [0.2, 0.25) is 0 Å². The maximum atomic E-state index is 10.6. The summed E-state index contributed by atoms with van der Waals surface area (Å²) in [7, 11) is 0. The van der Waals surface area contributed by atoms with Gasteiger partial charge in [-0.25, -0.2) is 0 Å². The first-order chi connectivity index (χ1) is 6.75. The maximum absolute atomic E-state index is 10.6. The van der Waals surface area contributed by atoms with Gasteiger partial charge in [-0.1, -0.05) is 18.2 Å². The Bertz CT molecular complexity index is 312. The molecule has 76 valence electrons. The largest absolute Gasteiger partial charge is 0.396 e. The summed E-state index contributed by atoms with van der Waals surface area (Å²) in [4.78, 5) is 10.2. The molecule has 0 spiro atoms. The third kappa shape index (κ3) is 2.81. The van der Waals surface area contributed by atoms with Crippen LogP contribution in [0, 0.1) is 10.1 Å². The van der Waals surface area contributed by atoms with Crippen LogP contribution in [0.25, 0.3) is 0 Å². The molecule has 0 saturated heterocycles. The normalized spacial score (nSPS) is 10.1. The average molecular weight is 195 g/mol. The summed E-state index contributed by atoms with van der Waals surface area (Å²) in [5.74, 6) is 0. The lowest BCUT2D eigenvalue weighted by Crippen LogP contribution is -1.96. The molecule has 14 heavy (non-hydrogen) atoms. The molecule has 4 heteroatoms. The zero-order valence-corrected chi connectivity index (χ0v) is 7.85. The molecule has 0 bridgehead atoms. The van der Waals surface area contributed by atoms with Crippen LogP contribution in [0.5, 0.6) is 0 Å². The number of nitrogens with zero attached hydrogens (tertiary/aromatic N) is 1. The highest BCUT2D eigenvalue weighted by Crippen LogP contribution is 2.19. The van der Waals surface area contributed by atoms with Gasteiger partial charge in [0, 0.05) is 18.2 Å². The molecule has 0 amide bonds. The van der Waals surface area contributed by atoms with E-state index in [1.54, 1.807) is 18.2 Å². The Hall–Kier alpha value is -1.42. The van der Waals surface area contributed by atoms with Crippen LogP contribution in [-0.4, -0.2) is 16.6 Å². The molecule has 1 aromatic carbocycles. The van der Waals surface area contributed by atoms with E-state index in [1.807, 2.05) is 0 Å². The number of hydrogen-bond acceptors (Lipinski definition) is 3. The fraction of sp³-hybridized carbons (Fsp3) is 0.400. The second-order valence-electron chi connectivity index (χ2n) is 3.07. The Morgan fingerprint density at radius 2 is 2.00 bits per heavy atom. The molecule has 4 nitrogen and oxygen atoms in total. The second kappa shape index (κ2) is 5.34. The number of aliphatic hydroxyl groups is 1. The zero-order chi connectivity index (χ0) is 10.4. The first-order valence-electron chi connectivity index (χ1n) is 4.59. The van der Waals surface area contributed by atoms with Crippen molar-refractivity contribution in [3.63, 3.8) is 0 Å². The Morgan fingerprint density at radius 1 is 1.29 bits per heavy atom. The number of nitro benzene ring substituents is 1. The topological polar surface area (TPSA) is 63.4 Å². The number of aryl methyl sites for hydroxylation is 1. The van der Waals surface area contributed by atoms with E-state index in [9.17, 15) is 10.1 Å². The summed E-state index contributed by atoms with van der Waals surface area (Å²) in [6.45, 7) is 0.140. The van der Waals surface area contributed by atoms with Crippen molar-refractivity contribution in [2.75, 3.05) is 6.61 Å². The van der Waals surface area contributed by atoms with Crippen LogP contribution in [0.15, 0.2) is 24.3 Å². The van der Waals surface area contributed by atoms with E-state index < -0.39 is 0 Å². The minimum absolute atomic E-state index is 0.140. The number of rotatable bonds is 5. The van der Waals surface area contributed by atoms with Crippen LogP contribution >= 0.6 is 0 Å². The average Bonchev–Trinajstić information content (AvgIpc) is 2.19. The molecule has 0 heterocycles. The van der Waals surface area contributed by atoms with Crippen molar-refractivity contribution in [1.82, 2.24) is 0 Å². The predicted molar refractivity (Wildman–Crippen MR) is 53.1 cm³/mol. The highest BCUT2D eigenvalue weighted by atomic mass is 16.6. The monoisotopic (exact) mass is 195 g/mol. The zero-order valence-electron chi connectivity index (χ0n) is 7.85. The number of benzene rings is 1. The van der Waals surface area contributed by atoms with Gasteiger partial charge in [0.25, 0.3) is 5.69 Å². The van der Waals surface area contributed by atoms with E-state index in [-0.39, 0.29) is 17.2 Å². The van der Waals surface area contributed by atoms with Gasteiger partial charge in [0.1, 0.15) is 0 Å². The maximum Gasteiger partial charge on any atom is 0.272 e. The Labute approximate surface area is 82.3 Å². The SMILES string of the molecule is O=[N+]([O-])c1ccccc1CCCCO. The summed E-state index contributed by atoms with van der Waals surface area (Å²) in [5.41, 5.74) is 0.913. The number of unbranched alkanes of at least 4 members (excludes halogenated alkanes) is 1. The smallest absolute Gasteiger partial charge is 0.272 e. The van der Waals surface area contributed by atoms with E-state index in [1.165, 1.54) is 6.07 Å². The summed E-state index contributed by atoms with van der Waals surface area (Å²) < 4.78 is 0. The van der Waals surface area contributed by atoms with Crippen molar-refractivity contribution in [3.05, 3.63) is 39.9 Å². The van der Waals surface area contributed by atoms with E-state index in [0.717, 1.165) is 12.0 Å². The van der Waals surface area contributed by atoms with Gasteiger partial charge in [-0.15, -0.1) is 0 Å². The van der Waals surface area contributed by atoms with E-state index in [4.69, 9.17) is 5.11 Å². The molecule has 1 aromatic rings. The summed E-state index contributed by atoms with van der Waals surface area (Å²) >= 11 is 0. The fourth-order valence-electron chi connectivity index (χ4n) is 1.33. The minimum atomic E-state index is -0.367. The van der Waals surface area contributed by atoms with Crippen molar-refractivity contribution >= 4 is 5.69 Å². The predicted octanol–water partition coefficient (Wildman–Crippen LogP) is 1.91. The molecular weight excluding hydrogens is 182 g/mol. The summed E-state index contributed by atoms with van der Waals surface area (Å²) in [5, 5.41) is 19.2. The lowest BCUT2D eigenvalue weighted by molar-refractivity contribution is -0.385. The lowest BCUT2D eigenvalue weighted by Gasteiger charge is -2.01. The molecule has 1 N–H and O–H groups in total.